The van der Waals surface area contributed by atoms with E-state index in [0.29, 0.717) is 18.2 Å². The number of ether oxygens (including phenoxy) is 15. The van der Waals surface area contributed by atoms with Crippen molar-refractivity contribution in [2.24, 2.45) is 65.1 Å². The van der Waals surface area contributed by atoms with Crippen LogP contribution in [-0.4, -0.2) is 284 Å². The van der Waals surface area contributed by atoms with E-state index in [0.717, 1.165) is 18.2 Å². The molecule has 3 fully saturated rings. The molecule has 0 aromatic carbocycles. The molecular formula is C74H106N3Na6O40UV-. The van der Waals surface area contributed by atoms with Gasteiger partial charge >= 0.3 is 219 Å². The Labute approximate surface area is 892 Å². The molecule has 0 bridgehead atoms. The Balaban J connectivity index is -0.000000310. The zero-order valence-electron chi connectivity index (χ0n) is 73.7. The van der Waals surface area contributed by atoms with E-state index in [1.807, 2.05) is 0 Å². The number of esters is 7. The van der Waals surface area contributed by atoms with Crippen LogP contribution >= 0.6 is 0 Å². The Morgan fingerprint density at radius 2 is 0.744 bits per heavy atom. The van der Waals surface area contributed by atoms with Crippen LogP contribution in [-0.2, 0) is 166 Å². The van der Waals surface area contributed by atoms with Crippen LogP contribution in [0.1, 0.15) is 88.0 Å². The second-order valence-corrected chi connectivity index (χ2v) is 26.7. The zero-order valence-corrected chi connectivity index (χ0v) is 91.3. The molecule has 51 heteroatoms. The van der Waals surface area contributed by atoms with E-state index in [2.05, 4.69) is 38.6 Å². The average molecular weight is 2100 g/mol. The molecule has 673 valence electrons. The number of carboxylic acid groups (broad SMARTS) is 5. The molecule has 23 atom stereocenters. The fourth-order valence-electron chi connectivity index (χ4n) is 10.9. The molecule has 1 radical (unpaired) electrons. The van der Waals surface area contributed by atoms with Gasteiger partial charge in [0, 0.05) is 173 Å². The van der Waals surface area contributed by atoms with Gasteiger partial charge in [0.05, 0.1) is 86.8 Å². The first-order valence-electron chi connectivity index (χ1n) is 36.4. The quantitative estimate of drug-likeness (QED) is 0.00823. The van der Waals surface area contributed by atoms with Crippen LogP contribution in [0.15, 0.2) is 49.6 Å². The summed E-state index contributed by atoms with van der Waals surface area (Å²) < 4.78 is 78.0. The molecule has 3 heterocycles. The van der Waals surface area contributed by atoms with Crippen LogP contribution in [0.3, 0.4) is 0 Å². The number of methoxy groups -OCH3 is 3. The van der Waals surface area contributed by atoms with Gasteiger partial charge in [-0.15, -0.1) is 5.92 Å². The summed E-state index contributed by atoms with van der Waals surface area (Å²) in [5, 5.41) is 95.8. The van der Waals surface area contributed by atoms with Gasteiger partial charge in [0.15, 0.2) is 18.9 Å². The molecule has 7 N–H and O–H groups in total. The fraction of sp³-hybridized carbons (Fsp3) is 0.676. The first-order chi connectivity index (χ1) is 54.6. The minimum Gasteiger partial charge on any atom is -0.870 e. The monoisotopic (exact) mass is 2100 g/mol. The number of hydrogen-bond donors (Lipinski definition) is 6. The third-order valence-electron chi connectivity index (χ3n) is 18.8. The van der Waals surface area contributed by atoms with E-state index in [4.69, 9.17) is 61.6 Å². The summed E-state index contributed by atoms with van der Waals surface area (Å²) >= 11 is 0. The van der Waals surface area contributed by atoms with E-state index in [1.165, 1.54) is 62.9 Å². The molecule has 3 aliphatic rings. The van der Waals surface area contributed by atoms with Crippen LogP contribution < -0.4 is 219 Å². The van der Waals surface area contributed by atoms with Crippen LogP contribution in [0.4, 0.5) is 0 Å². The molecule has 0 saturated carbocycles. The van der Waals surface area contributed by atoms with E-state index in [1.54, 1.807) is 27.1 Å². The molecule has 3 saturated heterocycles. The van der Waals surface area contributed by atoms with Gasteiger partial charge in [0.25, 0.3) is 0 Å². The minimum absolute atomic E-state index is 0. The van der Waals surface area contributed by atoms with Crippen LogP contribution in [0.2, 0.25) is 0 Å². The van der Waals surface area contributed by atoms with Gasteiger partial charge in [-0.1, -0.05) is 75.5 Å². The first-order valence-corrected chi connectivity index (χ1v) is 36.4. The minimum atomic E-state index is -1.64. The van der Waals surface area contributed by atoms with Crippen molar-refractivity contribution in [2.75, 3.05) is 94.0 Å². The third-order valence-corrected chi connectivity index (χ3v) is 18.8. The molecule has 3 rings (SSSR count). The van der Waals surface area contributed by atoms with Gasteiger partial charge in [-0.3, -0.25) is 39.8 Å². The van der Waals surface area contributed by atoms with Crippen molar-refractivity contribution >= 4 is 95.6 Å². The summed E-state index contributed by atoms with van der Waals surface area (Å²) in [6.45, 7) is 18.2. The van der Waals surface area contributed by atoms with Gasteiger partial charge in [-0.05, 0) is 25.0 Å². The number of amides is 3. The molecule has 0 aromatic rings. The maximum Gasteiger partial charge on any atom is 1.00 e. The molecule has 43 nitrogen and oxygen atoms in total. The normalized spacial score (nSPS) is 23.1. The zero-order chi connectivity index (χ0) is 88.2. The molecular weight excluding hydrogens is 2000 g/mol. The summed E-state index contributed by atoms with van der Waals surface area (Å²) in [5.74, 6) is -26.7. The molecule has 0 aromatic heterocycles. The number of carboxylic acids is 5. The smallest absolute Gasteiger partial charge is 0.870 e. The number of aliphatic hydroxyl groups excluding tert-OH is 3. The third kappa shape index (κ3) is 53.5. The van der Waals surface area contributed by atoms with Crippen LogP contribution in [0.25, 0.3) is 0 Å². The van der Waals surface area contributed by atoms with Gasteiger partial charge in [0.1, 0.15) is 64.4 Å². The maximum atomic E-state index is 13.3. The molecule has 3 amide bonds. The van der Waals surface area contributed by atoms with E-state index in [-0.39, 0.29) is 311 Å². The number of rotatable bonds is 48. The molecule has 3 aliphatic heterocycles. The maximum absolute atomic E-state index is 13.3. The van der Waals surface area contributed by atoms with Crippen molar-refractivity contribution in [1.82, 2.24) is 16.0 Å². The van der Waals surface area contributed by atoms with E-state index >= 15 is 0 Å². The van der Waals surface area contributed by atoms with Gasteiger partial charge in [-0.25, -0.2) is 14.4 Å². The van der Waals surface area contributed by atoms with Crippen molar-refractivity contribution in [3.05, 3.63) is 49.6 Å². The Morgan fingerprint density at radius 3 is 1.07 bits per heavy atom. The standard InChI is InChI=1S/C48H75N2O24.C16H21NO10.C10H14O5.6Na.H2O.U.V/c1-22(19-51)23(2)40(56)49-36-38(54)29(8)33(74-47(36)66-9)21-72-46(65)27(6)31(44(62)63)12-14-35(53)70-18-16-68-15-17-69-34(52)13-11-30(43(60)61)26(5)41(57)50-37-39(55)28(7)32(73-48(37)67-10)20-71-45(64)25(4)24(3)42(58)59;1-8-9(7-26-13(23)6-5-12(21)22)27-16(25-2)14(15(8)24)17-10(18)3-4-11(19)20;1-3-9(11)14-7-5-13-6-8-15-10(12)4-2;;;;;;;;;/h22-33,36-39,47-48,54-55H,11-18,20-21H2,1-10H3,(H,49,56)(H,50,57)(H,58,59)(H,60,61)(H,62,63);3-6,8-9,14-16,24H,7H2,1-2H3,(H,17,18)(H,19,20)(H,21,22);3-4H,1-2,5-8H2;;;;;;;1H2;;/q-1;;;6*+1;;;/p-6/b;4-3+,6-5+;;;;;;;;;;. The molecule has 0 aliphatic carbocycles. The SMILES string of the molecule is C=CC(=O)OCCOCCOC(=O)C=C.COC1OC(COC(=O)/C=C/C(=O)[O-])C(C)C(O)C1NC(=O)/C=C/C(=O)[O-].COC1OC(COC(=O)C(C)C(CCC(=O)OCCOCCOC(=O)CCC(C(=O)[O-])C(C)C(=O)NC2C(OC)OC(COC(=O)C(C)C(C)C(=O)[O-])C(C)C2O)C(=O)[O-])C(C)C(O)C1NC(=O)C(C)C(C)[C-]=O.[Na+].[Na+].[Na+].[Na+].[Na+].[Na+].[OH-].[U].[V]. The fourth-order valence-corrected chi connectivity index (χ4v) is 10.9. The van der Waals surface area contributed by atoms with Crippen LogP contribution in [0.5, 0.6) is 0 Å². The Morgan fingerprint density at radius 1 is 0.424 bits per heavy atom. The van der Waals surface area contributed by atoms with Gasteiger partial charge < -0.3 is 162 Å². The van der Waals surface area contributed by atoms with Crippen molar-refractivity contribution in [2.45, 2.75) is 162 Å². The second-order valence-electron chi connectivity index (χ2n) is 26.7. The largest absolute Gasteiger partial charge is 1.00 e. The number of aliphatic hydroxyl groups is 3. The van der Waals surface area contributed by atoms with Crippen molar-refractivity contribution in [3.8, 4) is 0 Å². The topological polar surface area (TPSA) is 654 Å². The number of hydrogen-bond acceptors (Lipinski definition) is 40. The van der Waals surface area contributed by atoms with Crippen molar-refractivity contribution < 1.29 is 421 Å². The van der Waals surface area contributed by atoms with Crippen LogP contribution in [0, 0.1) is 96.2 Å². The summed E-state index contributed by atoms with van der Waals surface area (Å²) in [5.41, 5.74) is 0. The van der Waals surface area contributed by atoms with Gasteiger partial charge in [-0.2, -0.15) is 0 Å². The van der Waals surface area contributed by atoms with E-state index in [9.17, 15) is 118 Å². The molecule has 0 spiro atoms. The summed E-state index contributed by atoms with van der Waals surface area (Å²) in [7, 11) is 3.75. The predicted octanol–water partition coefficient (Wildman–Crippen LogP) is -25.8. The predicted molar refractivity (Wildman–Crippen MR) is 378 cm³/mol. The molecule has 125 heavy (non-hydrogen) atoms. The Bertz CT molecular complexity index is 3330. The number of nitrogens with one attached hydrogen (secondary N) is 3. The average Bonchev–Trinajstić information content (AvgIpc) is 0.812. The Kier molecular flexibility index (Phi) is 86.9. The summed E-state index contributed by atoms with van der Waals surface area (Å²) in [6.07, 6.45) is -5.29. The number of carbonyl (C=O) groups is 15. The first kappa shape index (κ1) is 141. The van der Waals surface area contributed by atoms with Gasteiger partial charge in [0.2, 0.25) is 17.7 Å². The summed E-state index contributed by atoms with van der Waals surface area (Å²) in [6, 6.07) is -3.27. The van der Waals surface area contributed by atoms with Crippen molar-refractivity contribution in [3.63, 3.8) is 0 Å². The number of aliphatic carboxylic acids is 5. The Hall–Kier alpha value is -2.16. The summed E-state index contributed by atoms with van der Waals surface area (Å²) in [4.78, 5) is 187. The number of carbonyl (C=O) groups excluding carboxylic acids is 16. The van der Waals surface area contributed by atoms with E-state index < -0.39 is 248 Å². The molecule has 23 unspecified atom stereocenters. The van der Waals surface area contributed by atoms with Crippen molar-refractivity contribution in [1.29, 1.82) is 0 Å². The second kappa shape index (κ2) is 77.2.